The number of ether oxygens (including phenoxy) is 1. The van der Waals surface area contributed by atoms with Crippen LogP contribution in [0.5, 0.6) is 5.75 Å². The molecular weight excluding hydrogens is 382 g/mol. The van der Waals surface area contributed by atoms with Crippen LogP contribution < -0.4 is 4.74 Å². The zero-order valence-corrected chi connectivity index (χ0v) is 17.4. The molecule has 0 aliphatic carbocycles. The first-order chi connectivity index (χ1) is 14.1. The minimum absolute atomic E-state index is 0.233. The van der Waals surface area contributed by atoms with E-state index in [0.717, 1.165) is 30.4 Å². The Morgan fingerprint density at radius 3 is 2.45 bits per heavy atom. The van der Waals surface area contributed by atoms with Crippen LogP contribution >= 0.6 is 0 Å². The van der Waals surface area contributed by atoms with Crippen molar-refractivity contribution in [3.8, 4) is 17.6 Å². The molecule has 0 radical (unpaired) electrons. The molecule has 4 nitrogen and oxygen atoms in total. The number of hydrogen-bond acceptors (Lipinski definition) is 3. The fraction of sp³-hybridized carbons (Fsp3) is 0.250. The van der Waals surface area contributed by atoms with Crippen LogP contribution in [0.1, 0.15) is 31.2 Å². The highest BCUT2D eigenvalue weighted by atomic mass is 32.2. The average molecular weight is 408 g/mol. The third kappa shape index (κ3) is 4.90. The molecule has 0 unspecified atom stereocenters. The van der Waals surface area contributed by atoms with Gasteiger partial charge in [-0.05, 0) is 73.6 Å². The van der Waals surface area contributed by atoms with Gasteiger partial charge in [0.05, 0.1) is 12.0 Å². The molecule has 0 amide bonds. The summed E-state index contributed by atoms with van der Waals surface area (Å²) in [5.41, 5.74) is 2.43. The lowest BCUT2D eigenvalue weighted by molar-refractivity contribution is 0.414. The minimum Gasteiger partial charge on any atom is -0.497 e. The highest BCUT2D eigenvalue weighted by Gasteiger charge is 2.29. The zero-order chi connectivity index (χ0) is 20.7. The molecule has 3 rings (SSSR count). The van der Waals surface area contributed by atoms with Gasteiger partial charge in [-0.1, -0.05) is 30.2 Å². The molecule has 0 spiro atoms. The van der Waals surface area contributed by atoms with Crippen LogP contribution in [0.4, 0.5) is 0 Å². The van der Waals surface area contributed by atoms with Crippen molar-refractivity contribution in [2.75, 3.05) is 13.7 Å². The summed E-state index contributed by atoms with van der Waals surface area (Å²) in [4.78, 5) is 0.233. The summed E-state index contributed by atoms with van der Waals surface area (Å²) in [7, 11) is -2.18. The molecular formula is C24H25NO3S. The van der Waals surface area contributed by atoms with Crippen molar-refractivity contribution in [3.63, 3.8) is 0 Å². The van der Waals surface area contributed by atoms with Crippen LogP contribution in [0.15, 0.2) is 83.4 Å². The molecule has 0 atom stereocenters. The van der Waals surface area contributed by atoms with E-state index in [1.54, 1.807) is 31.4 Å². The van der Waals surface area contributed by atoms with Crippen molar-refractivity contribution in [2.45, 2.75) is 30.6 Å². The van der Waals surface area contributed by atoms with Gasteiger partial charge in [0.15, 0.2) is 0 Å². The maximum Gasteiger partial charge on any atom is 0.264 e. The molecule has 1 heterocycles. The maximum absolute atomic E-state index is 13.5. The first kappa shape index (κ1) is 20.8. The molecule has 1 aliphatic heterocycles. The quantitative estimate of drug-likeness (QED) is 0.531. The number of nitrogens with zero attached hydrogens (tertiary/aromatic N) is 1. The predicted molar refractivity (Wildman–Crippen MR) is 116 cm³/mol. The molecule has 0 N–H and O–H groups in total. The molecule has 2 aromatic rings. The molecule has 150 valence electrons. The molecule has 0 saturated heterocycles. The standard InChI is InChI=1S/C24H25NO3S/c1-3-9-21-12-7-8-19-25(24(21)18-13-20-10-5-4-6-11-20)29(26,27)23-16-14-22(28-2)15-17-23/h3-6,10-11,14-17H,1,7-9,12,19H2,2H3. The van der Waals surface area contributed by atoms with E-state index in [1.807, 2.05) is 36.4 Å². The van der Waals surface area contributed by atoms with E-state index in [4.69, 9.17) is 4.74 Å². The fourth-order valence-electron chi connectivity index (χ4n) is 3.29. The lowest BCUT2D eigenvalue weighted by Crippen LogP contribution is -2.31. The van der Waals surface area contributed by atoms with Crippen LogP contribution in [-0.2, 0) is 10.0 Å². The number of methoxy groups -OCH3 is 1. The summed E-state index contributed by atoms with van der Waals surface area (Å²) in [6, 6.07) is 16.1. The number of sulfonamides is 1. The topological polar surface area (TPSA) is 46.6 Å². The SMILES string of the molecule is C=CCC1=C(C#Cc2ccccc2)N(S(=O)(=O)c2ccc(OC)cc2)CCCC1. The second-order valence-corrected chi connectivity index (χ2v) is 8.63. The summed E-state index contributed by atoms with van der Waals surface area (Å²) < 4.78 is 33.6. The number of rotatable bonds is 5. The van der Waals surface area contributed by atoms with Crippen LogP contribution in [-0.4, -0.2) is 26.4 Å². The lowest BCUT2D eigenvalue weighted by atomic mass is 10.0. The van der Waals surface area contributed by atoms with Crippen LogP contribution in [0.25, 0.3) is 0 Å². The van der Waals surface area contributed by atoms with E-state index in [1.165, 1.54) is 4.31 Å². The summed E-state index contributed by atoms with van der Waals surface area (Å²) >= 11 is 0. The summed E-state index contributed by atoms with van der Waals surface area (Å²) in [6.45, 7) is 4.25. The van der Waals surface area contributed by atoms with Crippen LogP contribution in [0.3, 0.4) is 0 Å². The van der Waals surface area contributed by atoms with E-state index >= 15 is 0 Å². The van der Waals surface area contributed by atoms with Crippen molar-refractivity contribution >= 4 is 10.0 Å². The minimum atomic E-state index is -3.73. The van der Waals surface area contributed by atoms with Gasteiger partial charge >= 0.3 is 0 Å². The second-order valence-electron chi connectivity index (χ2n) is 6.77. The van der Waals surface area contributed by atoms with Gasteiger partial charge in [-0.15, -0.1) is 6.58 Å². The van der Waals surface area contributed by atoms with E-state index in [-0.39, 0.29) is 4.90 Å². The Morgan fingerprint density at radius 1 is 1.07 bits per heavy atom. The van der Waals surface area contributed by atoms with E-state index in [2.05, 4.69) is 18.4 Å². The highest BCUT2D eigenvalue weighted by Crippen LogP contribution is 2.30. The molecule has 1 aliphatic rings. The maximum atomic E-state index is 13.5. The Kier molecular flexibility index (Phi) is 6.79. The fourth-order valence-corrected chi connectivity index (χ4v) is 4.81. The Labute approximate surface area is 173 Å². The van der Waals surface area contributed by atoms with Crippen molar-refractivity contribution in [1.82, 2.24) is 4.31 Å². The summed E-state index contributed by atoms with van der Waals surface area (Å²) in [5, 5.41) is 0. The Balaban J connectivity index is 2.08. The number of hydrogen-bond donors (Lipinski definition) is 0. The van der Waals surface area contributed by atoms with E-state index in [0.29, 0.717) is 24.4 Å². The van der Waals surface area contributed by atoms with Gasteiger partial charge in [0.25, 0.3) is 10.0 Å². The first-order valence-corrected chi connectivity index (χ1v) is 11.1. The zero-order valence-electron chi connectivity index (χ0n) is 16.6. The lowest BCUT2D eigenvalue weighted by Gasteiger charge is -2.24. The summed E-state index contributed by atoms with van der Waals surface area (Å²) in [6.07, 6.45) is 4.96. The van der Waals surface area contributed by atoms with Gasteiger partial charge in [0.1, 0.15) is 11.4 Å². The van der Waals surface area contributed by atoms with Gasteiger partial charge in [0.2, 0.25) is 0 Å². The molecule has 0 fully saturated rings. The highest BCUT2D eigenvalue weighted by molar-refractivity contribution is 7.89. The Morgan fingerprint density at radius 2 is 1.79 bits per heavy atom. The number of allylic oxidation sites excluding steroid dienone is 3. The van der Waals surface area contributed by atoms with E-state index < -0.39 is 10.0 Å². The van der Waals surface area contributed by atoms with Crippen LogP contribution in [0.2, 0.25) is 0 Å². The third-order valence-electron chi connectivity index (χ3n) is 4.81. The van der Waals surface area contributed by atoms with Crippen molar-refractivity contribution in [2.24, 2.45) is 0 Å². The molecule has 0 saturated carbocycles. The van der Waals surface area contributed by atoms with Crippen molar-refractivity contribution < 1.29 is 13.2 Å². The van der Waals surface area contributed by atoms with Crippen LogP contribution in [0, 0.1) is 11.8 Å². The average Bonchev–Trinajstić information content (AvgIpc) is 2.96. The molecule has 5 heteroatoms. The first-order valence-electron chi connectivity index (χ1n) is 9.63. The largest absolute Gasteiger partial charge is 0.497 e. The summed E-state index contributed by atoms with van der Waals surface area (Å²) in [5.74, 6) is 6.92. The second kappa shape index (κ2) is 9.49. The third-order valence-corrected chi connectivity index (χ3v) is 6.62. The van der Waals surface area contributed by atoms with Gasteiger partial charge in [-0.2, -0.15) is 0 Å². The number of benzene rings is 2. The van der Waals surface area contributed by atoms with Gasteiger partial charge < -0.3 is 4.74 Å². The van der Waals surface area contributed by atoms with Crippen molar-refractivity contribution in [3.05, 3.63) is 84.1 Å². The Bertz CT molecular complexity index is 1040. The smallest absolute Gasteiger partial charge is 0.264 e. The monoisotopic (exact) mass is 407 g/mol. The molecule has 0 aromatic heterocycles. The van der Waals surface area contributed by atoms with E-state index in [9.17, 15) is 8.42 Å². The predicted octanol–water partition coefficient (Wildman–Crippen LogP) is 4.75. The van der Waals surface area contributed by atoms with Gasteiger partial charge in [-0.3, -0.25) is 4.31 Å². The normalized spacial score (nSPS) is 14.6. The molecule has 29 heavy (non-hydrogen) atoms. The van der Waals surface area contributed by atoms with Gasteiger partial charge in [-0.25, -0.2) is 8.42 Å². The Hall–Kier alpha value is -2.97. The van der Waals surface area contributed by atoms with Crippen molar-refractivity contribution in [1.29, 1.82) is 0 Å². The van der Waals surface area contributed by atoms with Gasteiger partial charge in [0, 0.05) is 12.1 Å². The molecule has 0 bridgehead atoms. The molecule has 2 aromatic carbocycles.